The fourth-order valence-electron chi connectivity index (χ4n) is 1.43. The molecule has 3 nitrogen and oxygen atoms in total. The molecule has 14 heavy (non-hydrogen) atoms. The number of Topliss-reactive ketones (excluding diaryl/α,β-unsaturated/α-hetero) is 1. The summed E-state index contributed by atoms with van der Waals surface area (Å²) in [7, 11) is 0. The standard InChI is InChI=1S/C10H9ClO3/c11-7-4-6-8(12)2-1-3-14-10(6)5-9(7)13/h4-5,13H,1-3H2. The van der Waals surface area contributed by atoms with E-state index < -0.39 is 0 Å². The van der Waals surface area contributed by atoms with Gasteiger partial charge in [-0.2, -0.15) is 0 Å². The largest absolute Gasteiger partial charge is 0.506 e. The highest BCUT2D eigenvalue weighted by Crippen LogP contribution is 2.33. The fraction of sp³-hybridized carbons (Fsp3) is 0.300. The zero-order valence-electron chi connectivity index (χ0n) is 7.42. The van der Waals surface area contributed by atoms with Crippen LogP contribution in [0, 0.1) is 0 Å². The van der Waals surface area contributed by atoms with Gasteiger partial charge in [-0.15, -0.1) is 0 Å². The second kappa shape index (κ2) is 3.50. The van der Waals surface area contributed by atoms with Crippen LogP contribution in [0.4, 0.5) is 0 Å². The van der Waals surface area contributed by atoms with Gasteiger partial charge >= 0.3 is 0 Å². The molecule has 0 spiro atoms. The number of rotatable bonds is 0. The van der Waals surface area contributed by atoms with E-state index in [9.17, 15) is 9.90 Å². The molecule has 0 unspecified atom stereocenters. The van der Waals surface area contributed by atoms with Gasteiger partial charge < -0.3 is 9.84 Å². The molecule has 0 aromatic heterocycles. The summed E-state index contributed by atoms with van der Waals surface area (Å²) in [5, 5.41) is 9.51. The summed E-state index contributed by atoms with van der Waals surface area (Å²) < 4.78 is 5.32. The van der Waals surface area contributed by atoms with Gasteiger partial charge in [-0.25, -0.2) is 0 Å². The summed E-state index contributed by atoms with van der Waals surface area (Å²) in [4.78, 5) is 11.5. The fourth-order valence-corrected chi connectivity index (χ4v) is 1.59. The number of hydrogen-bond acceptors (Lipinski definition) is 3. The van der Waals surface area contributed by atoms with Gasteiger partial charge in [-0.3, -0.25) is 4.79 Å². The van der Waals surface area contributed by atoms with Gasteiger partial charge in [0.25, 0.3) is 0 Å². The number of aromatic hydroxyl groups is 1. The zero-order chi connectivity index (χ0) is 10.1. The molecule has 0 bridgehead atoms. The van der Waals surface area contributed by atoms with Crippen LogP contribution in [0.5, 0.6) is 11.5 Å². The van der Waals surface area contributed by atoms with Crippen molar-refractivity contribution < 1.29 is 14.6 Å². The lowest BCUT2D eigenvalue weighted by Gasteiger charge is -2.07. The van der Waals surface area contributed by atoms with Crippen LogP contribution in [-0.4, -0.2) is 17.5 Å². The number of ether oxygens (including phenoxy) is 1. The molecular weight excluding hydrogens is 204 g/mol. The number of fused-ring (bicyclic) bond motifs is 1. The van der Waals surface area contributed by atoms with Crippen molar-refractivity contribution in [3.05, 3.63) is 22.7 Å². The van der Waals surface area contributed by atoms with Crippen LogP contribution in [0.15, 0.2) is 12.1 Å². The number of halogens is 1. The Bertz CT molecular complexity index is 387. The molecule has 0 saturated carbocycles. The van der Waals surface area contributed by atoms with Gasteiger partial charge in [0, 0.05) is 12.5 Å². The molecule has 2 rings (SSSR count). The maximum atomic E-state index is 11.5. The van der Waals surface area contributed by atoms with E-state index in [4.69, 9.17) is 16.3 Å². The number of carbonyl (C=O) groups excluding carboxylic acids is 1. The Morgan fingerprint density at radius 3 is 3.00 bits per heavy atom. The lowest BCUT2D eigenvalue weighted by atomic mass is 10.1. The third-order valence-electron chi connectivity index (χ3n) is 2.16. The Hall–Kier alpha value is -1.22. The molecule has 1 heterocycles. The van der Waals surface area contributed by atoms with E-state index in [-0.39, 0.29) is 16.6 Å². The number of phenols is 1. The third-order valence-corrected chi connectivity index (χ3v) is 2.46. The molecule has 1 aliphatic rings. The topological polar surface area (TPSA) is 46.5 Å². The van der Waals surface area contributed by atoms with Crippen molar-refractivity contribution in [1.82, 2.24) is 0 Å². The first-order chi connectivity index (χ1) is 6.68. The van der Waals surface area contributed by atoms with Crippen molar-refractivity contribution >= 4 is 17.4 Å². The predicted octanol–water partition coefficient (Wildman–Crippen LogP) is 2.40. The summed E-state index contributed by atoms with van der Waals surface area (Å²) >= 11 is 5.71. The Morgan fingerprint density at radius 2 is 2.21 bits per heavy atom. The van der Waals surface area contributed by atoms with Crippen LogP contribution in [0.25, 0.3) is 0 Å². The molecule has 0 aliphatic carbocycles. The van der Waals surface area contributed by atoms with Crippen LogP contribution in [0.2, 0.25) is 5.02 Å². The molecule has 0 amide bonds. The average molecular weight is 213 g/mol. The van der Waals surface area contributed by atoms with Gasteiger partial charge in [-0.1, -0.05) is 11.6 Å². The number of ketones is 1. The first-order valence-electron chi connectivity index (χ1n) is 4.37. The molecule has 0 atom stereocenters. The Kier molecular flexibility index (Phi) is 2.33. The van der Waals surface area contributed by atoms with E-state index in [1.54, 1.807) is 0 Å². The summed E-state index contributed by atoms with van der Waals surface area (Å²) in [5.41, 5.74) is 0.463. The minimum atomic E-state index is -0.0554. The summed E-state index contributed by atoms with van der Waals surface area (Å²) in [6, 6.07) is 2.85. The van der Waals surface area contributed by atoms with Crippen LogP contribution in [-0.2, 0) is 0 Å². The molecule has 0 radical (unpaired) electrons. The molecule has 1 N–H and O–H groups in total. The zero-order valence-corrected chi connectivity index (χ0v) is 8.17. The number of benzene rings is 1. The maximum absolute atomic E-state index is 11.5. The highest BCUT2D eigenvalue weighted by Gasteiger charge is 2.18. The SMILES string of the molecule is O=C1CCCOc2cc(O)c(Cl)cc21. The summed E-state index contributed by atoms with van der Waals surface area (Å²) in [6.45, 7) is 0.500. The van der Waals surface area contributed by atoms with E-state index in [1.165, 1.54) is 12.1 Å². The maximum Gasteiger partial charge on any atom is 0.166 e. The molecule has 0 fully saturated rings. The van der Waals surface area contributed by atoms with E-state index in [1.807, 2.05) is 0 Å². The van der Waals surface area contributed by atoms with Gasteiger partial charge in [0.2, 0.25) is 0 Å². The molecule has 0 saturated heterocycles. The van der Waals surface area contributed by atoms with Gasteiger partial charge in [-0.05, 0) is 12.5 Å². The van der Waals surface area contributed by atoms with Crippen molar-refractivity contribution in [2.24, 2.45) is 0 Å². The van der Waals surface area contributed by atoms with Gasteiger partial charge in [0.05, 0.1) is 17.2 Å². The van der Waals surface area contributed by atoms with Crippen LogP contribution >= 0.6 is 11.6 Å². The summed E-state index contributed by atoms with van der Waals surface area (Å²) in [6.07, 6.45) is 1.17. The van der Waals surface area contributed by atoms with E-state index >= 15 is 0 Å². The van der Waals surface area contributed by atoms with Crippen molar-refractivity contribution in [2.45, 2.75) is 12.8 Å². The van der Waals surface area contributed by atoms with Gasteiger partial charge in [0.1, 0.15) is 11.5 Å². The third kappa shape index (κ3) is 1.55. The summed E-state index contributed by atoms with van der Waals surface area (Å²) in [5.74, 6) is 0.383. The van der Waals surface area contributed by atoms with E-state index in [0.717, 1.165) is 0 Å². The number of phenolic OH excluding ortho intramolecular Hbond substituents is 1. The number of carbonyl (C=O) groups is 1. The van der Waals surface area contributed by atoms with E-state index in [2.05, 4.69) is 0 Å². The first kappa shape index (κ1) is 9.34. The molecule has 1 aromatic rings. The second-order valence-corrected chi connectivity index (χ2v) is 3.58. The Labute approximate surface area is 86.3 Å². The quantitative estimate of drug-likeness (QED) is 0.718. The van der Waals surface area contributed by atoms with Crippen molar-refractivity contribution in [3.63, 3.8) is 0 Å². The average Bonchev–Trinajstić information content (AvgIpc) is 2.31. The van der Waals surface area contributed by atoms with Crippen LogP contribution in [0.3, 0.4) is 0 Å². The first-order valence-corrected chi connectivity index (χ1v) is 4.75. The minimum absolute atomic E-state index is 0.0133. The molecular formula is C10H9ClO3. The lowest BCUT2D eigenvalue weighted by Crippen LogP contribution is -1.97. The monoisotopic (exact) mass is 212 g/mol. The van der Waals surface area contributed by atoms with Gasteiger partial charge in [0.15, 0.2) is 5.78 Å². The highest BCUT2D eigenvalue weighted by atomic mass is 35.5. The molecule has 1 aromatic carbocycles. The number of hydrogen-bond donors (Lipinski definition) is 1. The smallest absolute Gasteiger partial charge is 0.166 e. The Morgan fingerprint density at radius 1 is 1.43 bits per heavy atom. The van der Waals surface area contributed by atoms with Crippen molar-refractivity contribution in [3.8, 4) is 11.5 Å². The lowest BCUT2D eigenvalue weighted by molar-refractivity contribution is 0.0983. The van der Waals surface area contributed by atoms with Crippen LogP contribution < -0.4 is 4.74 Å². The highest BCUT2D eigenvalue weighted by molar-refractivity contribution is 6.32. The molecule has 74 valence electrons. The Balaban J connectivity index is 2.54. The van der Waals surface area contributed by atoms with Crippen LogP contribution in [0.1, 0.15) is 23.2 Å². The molecule has 1 aliphatic heterocycles. The predicted molar refractivity (Wildman–Crippen MR) is 52.2 cm³/mol. The normalized spacial score (nSPS) is 15.6. The molecule has 4 heteroatoms. The van der Waals surface area contributed by atoms with Crippen molar-refractivity contribution in [1.29, 1.82) is 0 Å². The minimum Gasteiger partial charge on any atom is -0.506 e. The van der Waals surface area contributed by atoms with E-state index in [0.29, 0.717) is 30.8 Å². The van der Waals surface area contributed by atoms with Crippen molar-refractivity contribution in [2.75, 3.05) is 6.61 Å². The second-order valence-electron chi connectivity index (χ2n) is 3.17.